The first-order valence-electron chi connectivity index (χ1n) is 15.0. The zero-order chi connectivity index (χ0) is 30.1. The third-order valence-corrected chi connectivity index (χ3v) is 9.23. The van der Waals surface area contributed by atoms with Gasteiger partial charge in [0.2, 0.25) is 0 Å². The van der Waals surface area contributed by atoms with Gasteiger partial charge in [0, 0.05) is 31.2 Å². The van der Waals surface area contributed by atoms with Gasteiger partial charge in [-0.1, -0.05) is 30.8 Å². The minimum atomic E-state index is -1.02. The Balaban J connectivity index is 1.34. The van der Waals surface area contributed by atoms with Crippen LogP contribution in [0.5, 0.6) is 11.8 Å². The number of anilines is 1. The number of halogens is 1. The fraction of sp³-hybridized carbons (Fsp3) is 0.455. The first-order chi connectivity index (χ1) is 20.8. The number of phenols is 1. The summed E-state index contributed by atoms with van der Waals surface area (Å²) in [5, 5.41) is 22.1. The Morgan fingerprint density at radius 1 is 1.19 bits per heavy atom. The summed E-state index contributed by atoms with van der Waals surface area (Å²) in [5.74, 6) is -0.630. The first-order valence-corrected chi connectivity index (χ1v) is 15.0. The second-order valence-electron chi connectivity index (χ2n) is 11.9. The van der Waals surface area contributed by atoms with E-state index in [2.05, 4.69) is 35.6 Å². The molecule has 224 valence electrons. The Morgan fingerprint density at radius 3 is 2.79 bits per heavy atom. The number of amides is 1. The minimum Gasteiger partial charge on any atom is -0.508 e. The molecular formula is C33H37FN6O3. The maximum absolute atomic E-state index is 13.8. The van der Waals surface area contributed by atoms with E-state index in [4.69, 9.17) is 14.7 Å². The molecule has 0 bridgehead atoms. The molecule has 9 nitrogen and oxygen atoms in total. The number of ether oxygens (including phenoxy) is 1. The highest BCUT2D eigenvalue weighted by atomic mass is 19.1. The highest BCUT2D eigenvalue weighted by molar-refractivity contribution is 5.91. The molecule has 1 aliphatic carbocycles. The van der Waals surface area contributed by atoms with Crippen LogP contribution < -0.4 is 9.64 Å². The predicted molar refractivity (Wildman–Crippen MR) is 162 cm³/mol. The van der Waals surface area contributed by atoms with E-state index in [1.165, 1.54) is 4.90 Å². The van der Waals surface area contributed by atoms with E-state index < -0.39 is 17.8 Å². The zero-order valence-corrected chi connectivity index (χ0v) is 24.5. The summed E-state index contributed by atoms with van der Waals surface area (Å²) in [6.45, 7) is 5.76. The number of rotatable bonds is 7. The molecule has 0 saturated carbocycles. The lowest BCUT2D eigenvalue weighted by Crippen LogP contribution is -2.55. The number of carbonyl (C=O) groups excluding carboxylic acids is 1. The third-order valence-electron chi connectivity index (χ3n) is 9.23. The van der Waals surface area contributed by atoms with Gasteiger partial charge in [-0.25, -0.2) is 4.39 Å². The lowest BCUT2D eigenvalue weighted by molar-refractivity contribution is -0.131. The smallest absolute Gasteiger partial charge is 0.318 e. The summed E-state index contributed by atoms with van der Waals surface area (Å²) in [6.07, 6.45) is 4.52. The molecule has 2 aliphatic heterocycles. The van der Waals surface area contributed by atoms with Crippen molar-refractivity contribution in [2.24, 2.45) is 0 Å². The highest BCUT2D eigenvalue weighted by Gasteiger charge is 2.35. The number of piperazine rings is 1. The molecule has 3 aliphatic rings. The molecule has 0 spiro atoms. The number of phenolic OH excluding ortho intramolecular Hbond substituents is 1. The van der Waals surface area contributed by atoms with E-state index in [1.807, 2.05) is 24.3 Å². The number of likely N-dealkylation sites (tertiary alicyclic amines) is 1. The van der Waals surface area contributed by atoms with E-state index in [0.717, 1.165) is 65.6 Å². The maximum atomic E-state index is 13.8. The number of likely N-dealkylation sites (N-methyl/N-ethyl adjacent to an activating group) is 1. The Morgan fingerprint density at radius 2 is 2.02 bits per heavy atom. The molecule has 2 aromatic carbocycles. The lowest BCUT2D eigenvalue weighted by Gasteiger charge is -2.42. The molecule has 0 unspecified atom stereocenters. The van der Waals surface area contributed by atoms with E-state index in [-0.39, 0.29) is 24.6 Å². The number of aromatic hydroxyl groups is 1. The molecule has 3 aromatic rings. The molecule has 2 saturated heterocycles. The van der Waals surface area contributed by atoms with Crippen molar-refractivity contribution in [1.29, 1.82) is 5.26 Å². The highest BCUT2D eigenvalue weighted by Crippen LogP contribution is 2.40. The normalized spacial score (nSPS) is 22.3. The van der Waals surface area contributed by atoms with Gasteiger partial charge in [0.15, 0.2) is 5.83 Å². The molecule has 43 heavy (non-hydrogen) atoms. The predicted octanol–water partition coefficient (Wildman–Crippen LogP) is 4.49. The van der Waals surface area contributed by atoms with Crippen LogP contribution in [0.1, 0.15) is 48.4 Å². The quantitative estimate of drug-likeness (QED) is 0.405. The summed E-state index contributed by atoms with van der Waals surface area (Å²) in [5.41, 5.74) is 3.05. The van der Waals surface area contributed by atoms with Crippen LogP contribution in [0.25, 0.3) is 10.8 Å². The number of benzene rings is 2. The SMILES string of the molecule is C=C(F)C(=O)N1CCN(c2nc(OC[C@@H]3CCCN3C)nc3c2CC[C@H](c2cc(O)cc4ccccc24)C3)C[C@@H]1CC#N. The monoisotopic (exact) mass is 584 g/mol. The number of nitrogens with zero attached hydrogens (tertiary/aromatic N) is 6. The largest absolute Gasteiger partial charge is 0.508 e. The number of carbonyl (C=O) groups is 1. The average Bonchev–Trinajstić information content (AvgIpc) is 3.42. The molecule has 1 amide bonds. The van der Waals surface area contributed by atoms with Crippen molar-refractivity contribution >= 4 is 22.5 Å². The van der Waals surface area contributed by atoms with Crippen molar-refractivity contribution in [3.05, 3.63) is 65.6 Å². The van der Waals surface area contributed by atoms with Crippen molar-refractivity contribution in [1.82, 2.24) is 19.8 Å². The summed E-state index contributed by atoms with van der Waals surface area (Å²) in [6, 6.07) is 14.1. The molecule has 6 rings (SSSR count). The third kappa shape index (κ3) is 5.87. The van der Waals surface area contributed by atoms with E-state index >= 15 is 0 Å². The number of hydrogen-bond acceptors (Lipinski definition) is 8. The van der Waals surface area contributed by atoms with Gasteiger partial charge in [-0.05, 0) is 80.1 Å². The van der Waals surface area contributed by atoms with Crippen LogP contribution in [-0.2, 0) is 17.6 Å². The van der Waals surface area contributed by atoms with Crippen LogP contribution >= 0.6 is 0 Å². The topological polar surface area (TPSA) is 106 Å². The van der Waals surface area contributed by atoms with Gasteiger partial charge >= 0.3 is 6.01 Å². The van der Waals surface area contributed by atoms with Gasteiger partial charge in [0.05, 0.1) is 24.2 Å². The Bertz CT molecular complexity index is 1590. The van der Waals surface area contributed by atoms with Crippen LogP contribution in [0.3, 0.4) is 0 Å². The molecule has 10 heteroatoms. The summed E-state index contributed by atoms with van der Waals surface area (Å²) >= 11 is 0. The second-order valence-corrected chi connectivity index (χ2v) is 11.9. The Hall–Kier alpha value is -4.23. The lowest BCUT2D eigenvalue weighted by atomic mass is 9.80. The molecule has 1 N–H and O–H groups in total. The van der Waals surface area contributed by atoms with Gasteiger partial charge < -0.3 is 24.5 Å². The van der Waals surface area contributed by atoms with Gasteiger partial charge in [0.1, 0.15) is 18.2 Å². The molecular weight excluding hydrogens is 547 g/mol. The van der Waals surface area contributed by atoms with Crippen molar-refractivity contribution in [2.45, 2.75) is 56.5 Å². The van der Waals surface area contributed by atoms with Crippen LogP contribution in [0.2, 0.25) is 0 Å². The summed E-state index contributed by atoms with van der Waals surface area (Å²) in [7, 11) is 2.10. The van der Waals surface area contributed by atoms with Crippen molar-refractivity contribution in [2.75, 3.05) is 44.7 Å². The van der Waals surface area contributed by atoms with Crippen LogP contribution in [0.15, 0.2) is 48.8 Å². The maximum Gasteiger partial charge on any atom is 0.318 e. The van der Waals surface area contributed by atoms with E-state index in [9.17, 15) is 19.6 Å². The van der Waals surface area contributed by atoms with Gasteiger partial charge in [0.25, 0.3) is 5.91 Å². The van der Waals surface area contributed by atoms with Gasteiger partial charge in [-0.15, -0.1) is 0 Å². The number of aromatic nitrogens is 2. The van der Waals surface area contributed by atoms with Crippen LogP contribution in [-0.4, -0.2) is 82.7 Å². The Labute approximate surface area is 251 Å². The molecule has 1 aromatic heterocycles. The standard InChI is InChI=1S/C33H37FN6O3/c1-21(34)32(42)40-15-14-39(19-24(40)11-12-35)31-28-10-9-23(29-18-26(41)16-22-6-3-4-8-27(22)29)17-30(28)36-33(37-31)43-20-25-7-5-13-38(25)2/h3-4,6,8,16,18,23-25,41H,1,5,7,9-11,13-15,17,19-20H2,2H3/t23-,24-,25-/m0/s1. The number of nitriles is 1. The van der Waals surface area contributed by atoms with Crippen LogP contribution in [0.4, 0.5) is 10.2 Å². The molecule has 3 heterocycles. The van der Waals surface area contributed by atoms with Gasteiger partial charge in [-0.3, -0.25) is 4.79 Å². The van der Waals surface area contributed by atoms with Crippen LogP contribution in [0, 0.1) is 11.3 Å². The second kappa shape index (κ2) is 12.2. The summed E-state index contributed by atoms with van der Waals surface area (Å²) in [4.78, 5) is 28.1. The van der Waals surface area contributed by atoms with Crippen molar-refractivity contribution < 1.29 is 19.0 Å². The first kappa shape index (κ1) is 28.9. The molecule has 3 atom stereocenters. The molecule has 0 radical (unpaired) electrons. The molecule has 2 fully saturated rings. The fourth-order valence-electron chi connectivity index (χ4n) is 6.94. The van der Waals surface area contributed by atoms with E-state index in [0.29, 0.717) is 38.2 Å². The number of hydrogen-bond donors (Lipinski definition) is 1. The minimum absolute atomic E-state index is 0.0762. The van der Waals surface area contributed by atoms with E-state index in [1.54, 1.807) is 6.07 Å². The van der Waals surface area contributed by atoms with Crippen molar-refractivity contribution in [3.8, 4) is 17.8 Å². The van der Waals surface area contributed by atoms with Gasteiger partial charge in [-0.2, -0.15) is 15.2 Å². The Kier molecular flexibility index (Phi) is 8.17. The fourth-order valence-corrected chi connectivity index (χ4v) is 6.94. The zero-order valence-electron chi connectivity index (χ0n) is 24.5. The average molecular weight is 585 g/mol. The summed E-state index contributed by atoms with van der Waals surface area (Å²) < 4.78 is 20.0. The number of fused-ring (bicyclic) bond motifs is 2. The van der Waals surface area contributed by atoms with Crippen molar-refractivity contribution in [3.63, 3.8) is 0 Å².